The van der Waals surface area contributed by atoms with E-state index in [0.29, 0.717) is 6.07 Å². The number of esters is 1. The lowest BCUT2D eigenvalue weighted by molar-refractivity contribution is -0.388. The molecule has 0 amide bonds. The molecule has 0 aliphatic carbocycles. The molecule has 0 aromatic heterocycles. The summed E-state index contributed by atoms with van der Waals surface area (Å²) in [6, 6.07) is 1.49. The second-order valence-electron chi connectivity index (χ2n) is 2.79. The van der Waals surface area contributed by atoms with Gasteiger partial charge in [0, 0.05) is 6.42 Å². The van der Waals surface area contributed by atoms with Gasteiger partial charge in [-0.15, -0.1) is 0 Å². The summed E-state index contributed by atoms with van der Waals surface area (Å²) in [5.41, 5.74) is -1.18. The van der Waals surface area contributed by atoms with E-state index in [9.17, 15) is 23.7 Å². The quantitative estimate of drug-likeness (QED) is 0.346. The highest BCUT2D eigenvalue weighted by molar-refractivity contribution is 5.73. The molecule has 0 saturated carbocycles. The Morgan fingerprint density at radius 1 is 1.50 bits per heavy atom. The van der Waals surface area contributed by atoms with Crippen LogP contribution < -0.4 is 4.74 Å². The van der Waals surface area contributed by atoms with Crippen molar-refractivity contribution in [2.75, 3.05) is 0 Å². The molecule has 0 spiro atoms. The van der Waals surface area contributed by atoms with Crippen molar-refractivity contribution in [3.05, 3.63) is 33.9 Å². The molecule has 1 rings (SSSR count). The molecular weight excluding hydrogens is 224 g/mol. The van der Waals surface area contributed by atoms with Gasteiger partial charge in [0.1, 0.15) is 0 Å². The van der Waals surface area contributed by atoms with Gasteiger partial charge >= 0.3 is 11.7 Å². The number of nitro groups is 1. The van der Waals surface area contributed by atoms with Crippen molar-refractivity contribution in [2.24, 2.45) is 0 Å². The zero-order valence-corrected chi connectivity index (χ0v) is 8.20. The Labute approximate surface area is 88.8 Å². The highest BCUT2D eigenvalue weighted by Crippen LogP contribution is 2.31. The van der Waals surface area contributed by atoms with Gasteiger partial charge in [0.25, 0.3) is 0 Å². The molecule has 16 heavy (non-hydrogen) atoms. The van der Waals surface area contributed by atoms with E-state index >= 15 is 0 Å². The fourth-order valence-corrected chi connectivity index (χ4v) is 0.970. The maximum atomic E-state index is 13.1. The number of carbonyl (C=O) groups is 1. The first-order chi connectivity index (χ1) is 7.47. The second-order valence-corrected chi connectivity index (χ2v) is 2.79. The van der Waals surface area contributed by atoms with Crippen LogP contribution in [0.2, 0.25) is 0 Å². The molecule has 1 aromatic rings. The van der Waals surface area contributed by atoms with Crippen molar-refractivity contribution in [2.45, 2.75) is 13.3 Å². The molecule has 0 radical (unpaired) electrons. The lowest BCUT2D eigenvalue weighted by atomic mass is 10.2. The first-order valence-electron chi connectivity index (χ1n) is 4.30. The van der Waals surface area contributed by atoms with Crippen LogP contribution >= 0.6 is 0 Å². The number of hydrogen-bond donors (Lipinski definition) is 0. The molecule has 0 saturated heterocycles. The minimum Gasteiger partial charge on any atom is -0.419 e. The standard InChI is InChI=1S/C9H7F2NO4/c1-2-7(13)16-6-4-3-5(10)8(11)9(6)12(14)15/h3-4H,2H2,1H3. The van der Waals surface area contributed by atoms with E-state index < -0.39 is 34.0 Å². The molecular formula is C9H7F2NO4. The van der Waals surface area contributed by atoms with Crippen molar-refractivity contribution < 1.29 is 23.2 Å². The van der Waals surface area contributed by atoms with Gasteiger partial charge in [0.05, 0.1) is 4.92 Å². The van der Waals surface area contributed by atoms with Crippen LogP contribution in [0.25, 0.3) is 0 Å². The summed E-state index contributed by atoms with van der Waals surface area (Å²) in [6.45, 7) is 1.47. The van der Waals surface area contributed by atoms with Crippen molar-refractivity contribution in [3.8, 4) is 5.75 Å². The Balaban J connectivity index is 3.23. The maximum Gasteiger partial charge on any atom is 0.350 e. The van der Waals surface area contributed by atoms with Gasteiger partial charge in [-0.05, 0) is 12.1 Å². The minimum atomic E-state index is -1.65. The van der Waals surface area contributed by atoms with Crippen LogP contribution in [0.4, 0.5) is 14.5 Å². The lowest BCUT2D eigenvalue weighted by Gasteiger charge is -2.04. The number of ether oxygens (including phenoxy) is 1. The van der Waals surface area contributed by atoms with E-state index in [4.69, 9.17) is 0 Å². The third kappa shape index (κ3) is 2.30. The summed E-state index contributed by atoms with van der Waals surface area (Å²) < 4.78 is 30.3. The van der Waals surface area contributed by atoms with E-state index in [1.54, 1.807) is 0 Å². The molecule has 0 atom stereocenters. The van der Waals surface area contributed by atoms with E-state index in [2.05, 4.69) is 4.74 Å². The summed E-state index contributed by atoms with van der Waals surface area (Å²) in [6.07, 6.45) is -0.0316. The monoisotopic (exact) mass is 231 g/mol. The van der Waals surface area contributed by atoms with Gasteiger partial charge in [-0.3, -0.25) is 14.9 Å². The Hall–Kier alpha value is -2.05. The predicted octanol–water partition coefficient (Wildman–Crippen LogP) is 2.19. The summed E-state index contributed by atoms with van der Waals surface area (Å²) >= 11 is 0. The van der Waals surface area contributed by atoms with Crippen LogP contribution in [0, 0.1) is 21.7 Å². The van der Waals surface area contributed by atoms with Crippen LogP contribution in [0.1, 0.15) is 13.3 Å². The van der Waals surface area contributed by atoms with Gasteiger partial charge in [-0.1, -0.05) is 6.92 Å². The summed E-state index contributed by atoms with van der Waals surface area (Å²) in [5.74, 6) is -4.39. The SMILES string of the molecule is CCC(=O)Oc1ccc(F)c(F)c1[N+](=O)[O-]. The molecule has 0 fully saturated rings. The van der Waals surface area contributed by atoms with E-state index in [-0.39, 0.29) is 6.42 Å². The largest absolute Gasteiger partial charge is 0.419 e. The zero-order valence-electron chi connectivity index (χ0n) is 8.20. The number of benzene rings is 1. The maximum absolute atomic E-state index is 13.1. The number of nitro benzene ring substituents is 1. The highest BCUT2D eigenvalue weighted by Gasteiger charge is 2.26. The fourth-order valence-electron chi connectivity index (χ4n) is 0.970. The molecule has 86 valence electrons. The number of rotatable bonds is 3. The van der Waals surface area contributed by atoms with Gasteiger partial charge in [0.15, 0.2) is 5.82 Å². The summed E-state index contributed by atoms with van der Waals surface area (Å²) in [7, 11) is 0. The zero-order chi connectivity index (χ0) is 12.3. The fraction of sp³-hybridized carbons (Fsp3) is 0.222. The van der Waals surface area contributed by atoms with E-state index in [1.807, 2.05) is 0 Å². The van der Waals surface area contributed by atoms with Crippen LogP contribution in [-0.4, -0.2) is 10.9 Å². The first kappa shape index (κ1) is 12.0. The van der Waals surface area contributed by atoms with E-state index in [0.717, 1.165) is 6.07 Å². The number of hydrogen-bond acceptors (Lipinski definition) is 4. The highest BCUT2D eigenvalue weighted by atomic mass is 19.2. The molecule has 0 aliphatic heterocycles. The average Bonchev–Trinajstić information content (AvgIpc) is 2.23. The molecule has 0 N–H and O–H groups in total. The average molecular weight is 231 g/mol. The molecule has 1 aromatic carbocycles. The van der Waals surface area contributed by atoms with Gasteiger partial charge in [-0.2, -0.15) is 4.39 Å². The Morgan fingerprint density at radius 3 is 2.62 bits per heavy atom. The van der Waals surface area contributed by atoms with Gasteiger partial charge in [-0.25, -0.2) is 4.39 Å². The summed E-state index contributed by atoms with van der Waals surface area (Å²) in [5, 5.41) is 10.5. The molecule has 0 unspecified atom stereocenters. The second kappa shape index (κ2) is 4.65. The topological polar surface area (TPSA) is 69.4 Å². The number of halogens is 2. The first-order valence-corrected chi connectivity index (χ1v) is 4.30. The number of nitrogens with zero attached hydrogens (tertiary/aromatic N) is 1. The minimum absolute atomic E-state index is 0.0316. The summed E-state index contributed by atoms with van der Waals surface area (Å²) in [4.78, 5) is 20.2. The molecule has 7 heteroatoms. The van der Waals surface area contributed by atoms with Crippen molar-refractivity contribution in [1.29, 1.82) is 0 Å². The normalized spacial score (nSPS) is 9.94. The lowest BCUT2D eigenvalue weighted by Crippen LogP contribution is -2.08. The van der Waals surface area contributed by atoms with Gasteiger partial charge in [0.2, 0.25) is 11.6 Å². The van der Waals surface area contributed by atoms with Crippen molar-refractivity contribution in [1.82, 2.24) is 0 Å². The Bertz CT molecular complexity index is 447. The molecule has 0 aliphatic rings. The third-order valence-electron chi connectivity index (χ3n) is 1.73. The van der Waals surface area contributed by atoms with Crippen molar-refractivity contribution >= 4 is 11.7 Å². The van der Waals surface area contributed by atoms with Crippen LogP contribution in [0.15, 0.2) is 12.1 Å². The third-order valence-corrected chi connectivity index (χ3v) is 1.73. The predicted molar refractivity (Wildman–Crippen MR) is 48.9 cm³/mol. The Kier molecular flexibility index (Phi) is 3.49. The van der Waals surface area contributed by atoms with Crippen LogP contribution in [0.3, 0.4) is 0 Å². The van der Waals surface area contributed by atoms with Gasteiger partial charge < -0.3 is 4.74 Å². The van der Waals surface area contributed by atoms with Crippen molar-refractivity contribution in [3.63, 3.8) is 0 Å². The molecule has 5 nitrogen and oxygen atoms in total. The Morgan fingerprint density at radius 2 is 2.12 bits per heavy atom. The molecule has 0 bridgehead atoms. The number of carbonyl (C=O) groups excluding carboxylic acids is 1. The smallest absolute Gasteiger partial charge is 0.350 e. The molecule has 0 heterocycles. The van der Waals surface area contributed by atoms with E-state index in [1.165, 1.54) is 6.92 Å². The van der Waals surface area contributed by atoms with Crippen LogP contribution in [0.5, 0.6) is 5.75 Å². The van der Waals surface area contributed by atoms with Crippen LogP contribution in [-0.2, 0) is 4.79 Å².